The molecule has 5 N–H and O–H groups in total. The minimum Gasteiger partial charge on any atom is -0.392 e. The Morgan fingerprint density at radius 3 is 2.78 bits per heavy atom. The second-order valence-corrected chi connectivity index (χ2v) is 4.28. The summed E-state index contributed by atoms with van der Waals surface area (Å²) < 4.78 is 1.60. The highest BCUT2D eigenvalue weighted by molar-refractivity contribution is 5.98. The molecule has 1 aromatic heterocycles. The molecule has 0 aromatic carbocycles. The van der Waals surface area contributed by atoms with Gasteiger partial charge in [-0.25, -0.2) is 0 Å². The van der Waals surface area contributed by atoms with Crippen molar-refractivity contribution in [3.05, 3.63) is 11.3 Å². The molecule has 0 aliphatic carbocycles. The Labute approximate surface area is 106 Å². The third-order valence-electron chi connectivity index (χ3n) is 2.50. The molecule has 0 fully saturated rings. The molecule has 102 valence electrons. The molecule has 18 heavy (non-hydrogen) atoms. The Morgan fingerprint density at radius 1 is 1.56 bits per heavy atom. The van der Waals surface area contributed by atoms with Gasteiger partial charge in [0, 0.05) is 26.7 Å². The zero-order valence-corrected chi connectivity index (χ0v) is 11.0. The van der Waals surface area contributed by atoms with Gasteiger partial charge in [-0.3, -0.25) is 9.48 Å². The van der Waals surface area contributed by atoms with Gasteiger partial charge in [0.25, 0.3) is 5.91 Å². The van der Waals surface area contributed by atoms with Gasteiger partial charge < -0.3 is 21.5 Å². The van der Waals surface area contributed by atoms with Crippen molar-refractivity contribution in [2.24, 2.45) is 12.8 Å². The molecular weight excluding hydrogens is 234 g/mol. The van der Waals surface area contributed by atoms with Crippen LogP contribution in [-0.2, 0) is 7.05 Å². The first-order chi connectivity index (χ1) is 8.43. The van der Waals surface area contributed by atoms with Crippen molar-refractivity contribution in [1.29, 1.82) is 0 Å². The van der Waals surface area contributed by atoms with Crippen LogP contribution in [0.3, 0.4) is 0 Å². The molecule has 0 spiro atoms. The molecule has 0 saturated heterocycles. The van der Waals surface area contributed by atoms with Crippen LogP contribution in [0.15, 0.2) is 0 Å². The summed E-state index contributed by atoms with van der Waals surface area (Å²) in [5.41, 5.74) is 6.36. The molecule has 1 aromatic rings. The monoisotopic (exact) mass is 255 g/mol. The number of nitrogens with two attached hydrogens (primary N) is 1. The summed E-state index contributed by atoms with van der Waals surface area (Å²) in [5.74, 6) is 0.138. The summed E-state index contributed by atoms with van der Waals surface area (Å²) in [6.45, 7) is 5.29. The van der Waals surface area contributed by atoms with Crippen molar-refractivity contribution in [2.45, 2.75) is 20.0 Å². The smallest absolute Gasteiger partial charge is 0.254 e. The Morgan fingerprint density at radius 2 is 2.22 bits per heavy atom. The number of aryl methyl sites for hydroxylation is 2. The summed E-state index contributed by atoms with van der Waals surface area (Å²) >= 11 is 0. The second kappa shape index (κ2) is 6.36. The molecule has 1 atom stereocenters. The normalized spacial score (nSPS) is 12.4. The summed E-state index contributed by atoms with van der Waals surface area (Å²) in [5, 5.41) is 19.4. The fraction of sp³-hybridized carbons (Fsp3) is 0.636. The standard InChI is InChI=1S/C11H21N5O2/c1-7(17)6-13-4-5-14-11-9(10(12)18)8(2)15-16(11)3/h7,13-14,17H,4-6H2,1-3H3,(H2,12,18). The largest absolute Gasteiger partial charge is 0.392 e. The van der Waals surface area contributed by atoms with Crippen LogP contribution in [-0.4, -0.2) is 46.5 Å². The third-order valence-corrected chi connectivity index (χ3v) is 2.50. The van der Waals surface area contributed by atoms with Gasteiger partial charge in [0.1, 0.15) is 11.4 Å². The molecule has 7 heteroatoms. The van der Waals surface area contributed by atoms with Gasteiger partial charge in [-0.1, -0.05) is 0 Å². The molecule has 0 aliphatic heterocycles. The topological polar surface area (TPSA) is 105 Å². The SMILES string of the molecule is Cc1nn(C)c(NCCNCC(C)O)c1C(N)=O. The first-order valence-corrected chi connectivity index (χ1v) is 5.89. The van der Waals surface area contributed by atoms with Crippen LogP contribution in [0.2, 0.25) is 0 Å². The number of hydrogen-bond donors (Lipinski definition) is 4. The number of rotatable bonds is 7. The first kappa shape index (κ1) is 14.5. The van der Waals surface area contributed by atoms with Gasteiger partial charge in [-0.15, -0.1) is 0 Å². The first-order valence-electron chi connectivity index (χ1n) is 5.89. The lowest BCUT2D eigenvalue weighted by Crippen LogP contribution is -2.29. The Kier molecular flexibility index (Phi) is 5.11. The van der Waals surface area contributed by atoms with Crippen molar-refractivity contribution < 1.29 is 9.90 Å². The highest BCUT2D eigenvalue weighted by atomic mass is 16.3. The number of nitrogens with one attached hydrogen (secondary N) is 2. The van der Waals surface area contributed by atoms with Crippen molar-refractivity contribution >= 4 is 11.7 Å². The maximum atomic E-state index is 11.3. The van der Waals surface area contributed by atoms with Crippen LogP contribution in [0, 0.1) is 6.92 Å². The van der Waals surface area contributed by atoms with Gasteiger partial charge in [-0.2, -0.15) is 5.10 Å². The molecule has 1 amide bonds. The van der Waals surface area contributed by atoms with Crippen LogP contribution in [0.5, 0.6) is 0 Å². The number of primary amides is 1. The molecular formula is C11H21N5O2. The molecule has 0 bridgehead atoms. The predicted octanol–water partition coefficient (Wildman–Crippen LogP) is -0.790. The molecule has 1 heterocycles. The van der Waals surface area contributed by atoms with E-state index in [1.165, 1.54) is 0 Å². The highest BCUT2D eigenvalue weighted by Gasteiger charge is 2.17. The zero-order chi connectivity index (χ0) is 13.7. The predicted molar refractivity (Wildman–Crippen MR) is 69.5 cm³/mol. The van der Waals surface area contributed by atoms with E-state index < -0.39 is 5.91 Å². The van der Waals surface area contributed by atoms with E-state index >= 15 is 0 Å². The van der Waals surface area contributed by atoms with Crippen molar-refractivity contribution in [1.82, 2.24) is 15.1 Å². The fourth-order valence-corrected chi connectivity index (χ4v) is 1.74. The van der Waals surface area contributed by atoms with E-state index in [-0.39, 0.29) is 6.10 Å². The van der Waals surface area contributed by atoms with Gasteiger partial charge in [0.05, 0.1) is 11.8 Å². The number of carbonyl (C=O) groups is 1. The second-order valence-electron chi connectivity index (χ2n) is 4.28. The van der Waals surface area contributed by atoms with E-state index in [1.54, 1.807) is 25.6 Å². The van der Waals surface area contributed by atoms with Crippen LogP contribution < -0.4 is 16.4 Å². The number of nitrogens with zero attached hydrogens (tertiary/aromatic N) is 2. The molecule has 1 unspecified atom stereocenters. The van der Waals surface area contributed by atoms with Gasteiger partial charge in [0.15, 0.2) is 0 Å². The average Bonchev–Trinajstić information content (AvgIpc) is 2.52. The van der Waals surface area contributed by atoms with E-state index in [9.17, 15) is 4.79 Å². The van der Waals surface area contributed by atoms with E-state index in [0.717, 1.165) is 0 Å². The lowest BCUT2D eigenvalue weighted by Gasteiger charge is -2.10. The van der Waals surface area contributed by atoms with Crippen LogP contribution in [0.1, 0.15) is 23.0 Å². The average molecular weight is 255 g/mol. The minimum absolute atomic E-state index is 0.370. The Bertz CT molecular complexity index is 414. The lowest BCUT2D eigenvalue weighted by molar-refractivity contribution is 0.100. The zero-order valence-electron chi connectivity index (χ0n) is 11.0. The Balaban J connectivity index is 2.54. The number of amides is 1. The minimum atomic E-state index is -0.486. The molecule has 0 radical (unpaired) electrons. The number of hydrogen-bond acceptors (Lipinski definition) is 5. The number of aromatic nitrogens is 2. The van der Waals surface area contributed by atoms with Crippen molar-refractivity contribution in [2.75, 3.05) is 25.0 Å². The summed E-state index contributed by atoms with van der Waals surface area (Å²) in [6, 6.07) is 0. The number of aliphatic hydroxyl groups is 1. The lowest BCUT2D eigenvalue weighted by atomic mass is 10.2. The van der Waals surface area contributed by atoms with E-state index in [4.69, 9.17) is 10.8 Å². The van der Waals surface area contributed by atoms with E-state index in [0.29, 0.717) is 36.7 Å². The van der Waals surface area contributed by atoms with Crippen LogP contribution in [0.25, 0.3) is 0 Å². The summed E-state index contributed by atoms with van der Waals surface area (Å²) in [7, 11) is 1.75. The van der Waals surface area contributed by atoms with E-state index in [2.05, 4.69) is 15.7 Å². The molecule has 0 saturated carbocycles. The van der Waals surface area contributed by atoms with Crippen molar-refractivity contribution in [3.63, 3.8) is 0 Å². The van der Waals surface area contributed by atoms with Gasteiger partial charge >= 0.3 is 0 Å². The fourth-order valence-electron chi connectivity index (χ4n) is 1.74. The highest BCUT2D eigenvalue weighted by Crippen LogP contribution is 2.17. The summed E-state index contributed by atoms with van der Waals surface area (Å²) in [6.07, 6.45) is -0.370. The number of anilines is 1. The maximum Gasteiger partial charge on any atom is 0.254 e. The van der Waals surface area contributed by atoms with E-state index in [1.807, 2.05) is 0 Å². The summed E-state index contributed by atoms with van der Waals surface area (Å²) in [4.78, 5) is 11.3. The third kappa shape index (κ3) is 3.71. The van der Waals surface area contributed by atoms with Crippen LogP contribution in [0.4, 0.5) is 5.82 Å². The number of aliphatic hydroxyl groups excluding tert-OH is 1. The van der Waals surface area contributed by atoms with Gasteiger partial charge in [-0.05, 0) is 13.8 Å². The number of carbonyl (C=O) groups excluding carboxylic acids is 1. The maximum absolute atomic E-state index is 11.3. The molecule has 0 aliphatic rings. The molecule has 1 rings (SSSR count). The molecule has 7 nitrogen and oxygen atoms in total. The van der Waals surface area contributed by atoms with Gasteiger partial charge in [0.2, 0.25) is 0 Å². The van der Waals surface area contributed by atoms with Crippen molar-refractivity contribution in [3.8, 4) is 0 Å². The van der Waals surface area contributed by atoms with Crippen LogP contribution >= 0.6 is 0 Å². The quantitative estimate of drug-likeness (QED) is 0.478. The Hall–Kier alpha value is -1.60.